The van der Waals surface area contributed by atoms with E-state index in [1.165, 1.54) is 35.7 Å². The van der Waals surface area contributed by atoms with Crippen LogP contribution in [0.4, 0.5) is 5.69 Å². The molecular formula is C25H29N3O. The highest BCUT2D eigenvalue weighted by Crippen LogP contribution is 2.26. The summed E-state index contributed by atoms with van der Waals surface area (Å²) in [4.78, 5) is 12.7. The van der Waals surface area contributed by atoms with Crippen LogP contribution in [0.5, 0.6) is 0 Å². The van der Waals surface area contributed by atoms with E-state index in [4.69, 9.17) is 0 Å². The fourth-order valence-electron chi connectivity index (χ4n) is 3.76. The summed E-state index contributed by atoms with van der Waals surface area (Å²) < 4.78 is 0. The van der Waals surface area contributed by atoms with Crippen LogP contribution in [-0.4, -0.2) is 5.91 Å². The molecule has 1 unspecified atom stereocenters. The summed E-state index contributed by atoms with van der Waals surface area (Å²) in [6.45, 7) is 6.13. The number of carbonyl (C=O) groups excluding carboxylic acids is 1. The Morgan fingerprint density at radius 1 is 1.10 bits per heavy atom. The van der Waals surface area contributed by atoms with Crippen LogP contribution in [0, 0.1) is 25.2 Å². The van der Waals surface area contributed by atoms with Gasteiger partial charge in [-0.2, -0.15) is 5.26 Å². The Hall–Kier alpha value is -3.06. The first-order chi connectivity index (χ1) is 14.0. The van der Waals surface area contributed by atoms with Gasteiger partial charge >= 0.3 is 0 Å². The molecule has 4 heteroatoms. The fourth-order valence-corrected chi connectivity index (χ4v) is 3.76. The zero-order chi connectivity index (χ0) is 20.8. The van der Waals surface area contributed by atoms with Gasteiger partial charge in [-0.05, 0) is 85.9 Å². The Balaban J connectivity index is 1.71. The van der Waals surface area contributed by atoms with E-state index in [0.717, 1.165) is 36.1 Å². The molecule has 1 aliphatic carbocycles. The molecule has 0 bridgehead atoms. The Labute approximate surface area is 173 Å². The number of nitriles is 1. The predicted octanol–water partition coefficient (Wildman–Crippen LogP) is 5.27. The van der Waals surface area contributed by atoms with Gasteiger partial charge in [-0.1, -0.05) is 31.2 Å². The van der Waals surface area contributed by atoms with Gasteiger partial charge in [-0.3, -0.25) is 4.79 Å². The first kappa shape index (κ1) is 20.7. The van der Waals surface area contributed by atoms with Crippen molar-refractivity contribution in [3.8, 4) is 6.07 Å². The average molecular weight is 388 g/mol. The summed E-state index contributed by atoms with van der Waals surface area (Å²) in [6, 6.07) is 14.4. The van der Waals surface area contributed by atoms with Crippen molar-refractivity contribution in [3.63, 3.8) is 0 Å². The molecule has 0 spiro atoms. The molecule has 2 N–H and O–H groups in total. The van der Waals surface area contributed by atoms with Gasteiger partial charge in [-0.15, -0.1) is 0 Å². The summed E-state index contributed by atoms with van der Waals surface area (Å²) in [5.74, 6) is -0.353. The second kappa shape index (κ2) is 9.43. The van der Waals surface area contributed by atoms with E-state index in [0.29, 0.717) is 0 Å². The second-order valence-corrected chi connectivity index (χ2v) is 7.78. The number of aryl methyl sites for hydroxylation is 4. The molecule has 29 heavy (non-hydrogen) atoms. The lowest BCUT2D eigenvalue weighted by molar-refractivity contribution is -0.117. The molecule has 4 nitrogen and oxygen atoms in total. The largest absolute Gasteiger partial charge is 0.360 e. The smallest absolute Gasteiger partial charge is 0.263 e. The van der Waals surface area contributed by atoms with Crippen LogP contribution >= 0.6 is 0 Å². The van der Waals surface area contributed by atoms with E-state index in [1.807, 2.05) is 38.1 Å². The molecule has 0 fully saturated rings. The van der Waals surface area contributed by atoms with E-state index in [1.54, 1.807) is 0 Å². The molecular weight excluding hydrogens is 358 g/mol. The molecule has 2 aromatic carbocycles. The van der Waals surface area contributed by atoms with Gasteiger partial charge in [0, 0.05) is 11.9 Å². The monoisotopic (exact) mass is 387 g/mol. The maximum atomic E-state index is 12.7. The van der Waals surface area contributed by atoms with Crippen molar-refractivity contribution in [2.75, 3.05) is 5.32 Å². The molecule has 0 aromatic heterocycles. The van der Waals surface area contributed by atoms with Crippen LogP contribution in [0.25, 0.3) is 0 Å². The molecule has 1 atom stereocenters. The fraction of sp³-hybridized carbons (Fsp3) is 0.360. The van der Waals surface area contributed by atoms with Crippen molar-refractivity contribution in [2.24, 2.45) is 0 Å². The molecule has 0 saturated carbocycles. The molecule has 2 aromatic rings. The highest BCUT2D eigenvalue weighted by atomic mass is 16.1. The Morgan fingerprint density at radius 2 is 1.86 bits per heavy atom. The van der Waals surface area contributed by atoms with Crippen molar-refractivity contribution in [2.45, 2.75) is 58.9 Å². The van der Waals surface area contributed by atoms with Crippen molar-refractivity contribution in [3.05, 3.63) is 76.0 Å². The third-order valence-corrected chi connectivity index (χ3v) is 5.74. The molecule has 1 aliphatic rings. The van der Waals surface area contributed by atoms with E-state index >= 15 is 0 Å². The van der Waals surface area contributed by atoms with Crippen molar-refractivity contribution in [1.82, 2.24) is 5.32 Å². The topological polar surface area (TPSA) is 64.9 Å². The van der Waals surface area contributed by atoms with Crippen LogP contribution in [0.2, 0.25) is 0 Å². The van der Waals surface area contributed by atoms with Gasteiger partial charge in [0.15, 0.2) is 0 Å². The van der Waals surface area contributed by atoms with E-state index in [2.05, 4.69) is 35.8 Å². The third-order valence-electron chi connectivity index (χ3n) is 5.74. The lowest BCUT2D eigenvalue weighted by Gasteiger charge is -2.21. The van der Waals surface area contributed by atoms with Crippen LogP contribution in [0.15, 0.2) is 48.2 Å². The lowest BCUT2D eigenvalue weighted by atomic mass is 9.88. The molecule has 150 valence electrons. The minimum Gasteiger partial charge on any atom is -0.360 e. The predicted molar refractivity (Wildman–Crippen MR) is 117 cm³/mol. The second-order valence-electron chi connectivity index (χ2n) is 7.78. The van der Waals surface area contributed by atoms with Crippen LogP contribution < -0.4 is 10.6 Å². The minimum atomic E-state index is -0.353. The molecule has 0 radical (unpaired) electrons. The van der Waals surface area contributed by atoms with Crippen molar-refractivity contribution < 1.29 is 4.79 Å². The highest BCUT2D eigenvalue weighted by molar-refractivity contribution is 5.97. The third kappa shape index (κ3) is 5.06. The number of fused-ring (bicyclic) bond motifs is 1. The maximum Gasteiger partial charge on any atom is 0.263 e. The number of rotatable bonds is 6. The van der Waals surface area contributed by atoms with Crippen LogP contribution in [0.1, 0.15) is 60.0 Å². The van der Waals surface area contributed by atoms with Crippen molar-refractivity contribution >= 4 is 11.6 Å². The first-order valence-corrected chi connectivity index (χ1v) is 10.4. The zero-order valence-electron chi connectivity index (χ0n) is 17.5. The maximum absolute atomic E-state index is 12.7. The number of hydrogen-bond acceptors (Lipinski definition) is 3. The summed E-state index contributed by atoms with van der Waals surface area (Å²) >= 11 is 0. The normalized spacial score (nSPS) is 14.5. The molecule has 0 saturated heterocycles. The standard InChI is InChI=1S/C25H29N3O/c1-4-24(21-11-10-19-7-5-6-8-20(19)14-21)28-25(29)22(15-26)16-27-23-12-9-17(2)18(3)13-23/h9-14,16,24,27H,4-8H2,1-3H3,(H,28,29)/b22-16-. The van der Waals surface area contributed by atoms with Gasteiger partial charge in [0.1, 0.15) is 11.6 Å². The quantitative estimate of drug-likeness (QED) is 0.524. The number of hydrogen-bond donors (Lipinski definition) is 2. The molecule has 1 amide bonds. The summed E-state index contributed by atoms with van der Waals surface area (Å²) in [7, 11) is 0. The summed E-state index contributed by atoms with van der Waals surface area (Å²) in [5, 5.41) is 15.6. The van der Waals surface area contributed by atoms with Gasteiger partial charge < -0.3 is 10.6 Å². The van der Waals surface area contributed by atoms with E-state index in [-0.39, 0.29) is 17.5 Å². The molecule has 0 heterocycles. The number of anilines is 1. The minimum absolute atomic E-state index is 0.0691. The number of amides is 1. The molecule has 3 rings (SSSR count). The van der Waals surface area contributed by atoms with E-state index in [9.17, 15) is 10.1 Å². The van der Waals surface area contributed by atoms with Crippen molar-refractivity contribution in [1.29, 1.82) is 5.26 Å². The zero-order valence-corrected chi connectivity index (χ0v) is 17.5. The molecule has 0 aliphatic heterocycles. The Morgan fingerprint density at radius 3 is 2.55 bits per heavy atom. The van der Waals surface area contributed by atoms with Gasteiger partial charge in [0.05, 0.1) is 6.04 Å². The van der Waals surface area contributed by atoms with Crippen LogP contribution in [-0.2, 0) is 17.6 Å². The van der Waals surface area contributed by atoms with Crippen LogP contribution in [0.3, 0.4) is 0 Å². The highest BCUT2D eigenvalue weighted by Gasteiger charge is 2.18. The lowest BCUT2D eigenvalue weighted by Crippen LogP contribution is -2.29. The Bertz CT molecular complexity index is 969. The van der Waals surface area contributed by atoms with Gasteiger partial charge in [0.25, 0.3) is 5.91 Å². The summed E-state index contributed by atoms with van der Waals surface area (Å²) in [5.41, 5.74) is 7.22. The van der Waals surface area contributed by atoms with Gasteiger partial charge in [0.2, 0.25) is 0 Å². The van der Waals surface area contributed by atoms with Gasteiger partial charge in [-0.25, -0.2) is 0 Å². The number of nitrogens with zero attached hydrogens (tertiary/aromatic N) is 1. The number of nitrogens with one attached hydrogen (secondary N) is 2. The summed E-state index contributed by atoms with van der Waals surface area (Å²) in [6.07, 6.45) is 6.99. The average Bonchev–Trinajstić information content (AvgIpc) is 2.74. The van der Waals surface area contributed by atoms with E-state index < -0.39 is 0 Å². The Kier molecular flexibility index (Phi) is 6.72. The SMILES string of the molecule is CCC(NC(=O)/C(C#N)=C\Nc1ccc(C)c(C)c1)c1ccc2c(c1)CCCC2. The first-order valence-electron chi connectivity index (χ1n) is 10.4. The number of benzene rings is 2. The number of carbonyl (C=O) groups is 1.